The van der Waals surface area contributed by atoms with Gasteiger partial charge >= 0.3 is 0 Å². The van der Waals surface area contributed by atoms with Gasteiger partial charge in [0.2, 0.25) is 5.28 Å². The fourth-order valence-electron chi connectivity index (χ4n) is 0.975. The summed E-state index contributed by atoms with van der Waals surface area (Å²) in [6.45, 7) is 0. The van der Waals surface area contributed by atoms with Crippen LogP contribution in [-0.4, -0.2) is 9.38 Å². The van der Waals surface area contributed by atoms with Crippen LogP contribution in [0.3, 0.4) is 0 Å². The molecule has 0 saturated heterocycles. The van der Waals surface area contributed by atoms with Crippen molar-refractivity contribution >= 4 is 22.8 Å². The molecule has 0 aliphatic rings. The predicted octanol–water partition coefficient (Wildman–Crippen LogP) is 1.57. The molecule has 0 aromatic carbocycles. The van der Waals surface area contributed by atoms with Crippen LogP contribution in [0.2, 0.25) is 5.28 Å². The number of nitrogens with zero attached hydrogens (tertiary/aromatic N) is 2. The van der Waals surface area contributed by atoms with E-state index in [0.717, 1.165) is 5.52 Å². The van der Waals surface area contributed by atoms with Gasteiger partial charge in [0.25, 0.3) is 0 Å². The van der Waals surface area contributed by atoms with E-state index in [1.54, 1.807) is 16.8 Å². The highest BCUT2D eigenvalue weighted by Crippen LogP contribution is 2.13. The van der Waals surface area contributed by atoms with Crippen LogP contribution < -0.4 is 5.73 Å². The molecule has 0 bridgehead atoms. The van der Waals surface area contributed by atoms with Crippen molar-refractivity contribution in [3.05, 3.63) is 29.8 Å². The van der Waals surface area contributed by atoms with E-state index in [-0.39, 0.29) is 0 Å². The summed E-state index contributed by atoms with van der Waals surface area (Å²) in [5, 5.41) is 0.437. The molecule has 0 radical (unpaired) electrons. The van der Waals surface area contributed by atoms with Gasteiger partial charge in [0.1, 0.15) is 0 Å². The van der Waals surface area contributed by atoms with Crippen LogP contribution in [0.4, 0.5) is 5.69 Å². The summed E-state index contributed by atoms with van der Waals surface area (Å²) in [5.41, 5.74) is 7.17. The Morgan fingerprint density at radius 3 is 3.09 bits per heavy atom. The van der Waals surface area contributed by atoms with E-state index >= 15 is 0 Å². The fraction of sp³-hybridized carbons (Fsp3) is 0. The van der Waals surface area contributed by atoms with E-state index < -0.39 is 0 Å². The Bertz CT molecular complexity index is 393. The number of halogens is 1. The number of pyridine rings is 1. The normalized spacial score (nSPS) is 10.6. The van der Waals surface area contributed by atoms with Crippen molar-refractivity contribution in [1.29, 1.82) is 0 Å². The Kier molecular flexibility index (Phi) is 1.26. The number of rotatable bonds is 0. The molecule has 0 aliphatic heterocycles. The maximum absolute atomic E-state index is 5.74. The minimum atomic E-state index is 0.437. The smallest absolute Gasteiger partial charge is 0.207 e. The first kappa shape index (κ1) is 6.49. The van der Waals surface area contributed by atoms with Gasteiger partial charge in [-0.3, -0.25) is 4.40 Å². The minimum Gasteiger partial charge on any atom is -0.398 e. The maximum atomic E-state index is 5.74. The SMILES string of the molecule is Nc1ccc2cnc(Cl)n2c1. The molecular weight excluding hydrogens is 162 g/mol. The number of aromatic nitrogens is 2. The monoisotopic (exact) mass is 167 g/mol. The molecule has 0 atom stereocenters. The molecule has 2 aromatic heterocycles. The Hall–Kier alpha value is -1.22. The van der Waals surface area contributed by atoms with E-state index in [2.05, 4.69) is 4.98 Å². The van der Waals surface area contributed by atoms with Gasteiger partial charge in [-0.05, 0) is 23.7 Å². The average molecular weight is 168 g/mol. The van der Waals surface area contributed by atoms with Crippen LogP contribution in [0, 0.1) is 0 Å². The Morgan fingerprint density at radius 1 is 1.45 bits per heavy atom. The first-order chi connectivity index (χ1) is 5.27. The van der Waals surface area contributed by atoms with Gasteiger partial charge in [0.15, 0.2) is 0 Å². The van der Waals surface area contributed by atoms with E-state index in [4.69, 9.17) is 17.3 Å². The molecule has 0 saturated carbocycles. The van der Waals surface area contributed by atoms with E-state index in [9.17, 15) is 0 Å². The zero-order valence-electron chi connectivity index (χ0n) is 5.66. The van der Waals surface area contributed by atoms with Crippen LogP contribution in [0.15, 0.2) is 24.5 Å². The summed E-state index contributed by atoms with van der Waals surface area (Å²) in [6, 6.07) is 3.68. The number of hydrogen-bond acceptors (Lipinski definition) is 2. The molecule has 0 unspecified atom stereocenters. The summed E-state index contributed by atoms with van der Waals surface area (Å²) in [6.07, 6.45) is 3.44. The summed E-state index contributed by atoms with van der Waals surface area (Å²) in [5.74, 6) is 0. The van der Waals surface area contributed by atoms with Crippen molar-refractivity contribution < 1.29 is 0 Å². The van der Waals surface area contributed by atoms with Crippen LogP contribution in [0.5, 0.6) is 0 Å². The molecule has 11 heavy (non-hydrogen) atoms. The van der Waals surface area contributed by atoms with Gasteiger partial charge in [-0.1, -0.05) is 0 Å². The number of nitrogens with two attached hydrogens (primary N) is 1. The topological polar surface area (TPSA) is 43.3 Å². The van der Waals surface area contributed by atoms with Crippen LogP contribution in [-0.2, 0) is 0 Å². The molecule has 0 fully saturated rings. The first-order valence-electron chi connectivity index (χ1n) is 3.15. The molecular formula is C7H6ClN3. The number of nitrogen functional groups attached to an aromatic ring is 1. The lowest BCUT2D eigenvalue weighted by molar-refractivity contribution is 1.16. The van der Waals surface area contributed by atoms with Crippen LogP contribution in [0.1, 0.15) is 0 Å². The molecule has 2 N–H and O–H groups in total. The largest absolute Gasteiger partial charge is 0.398 e. The Morgan fingerprint density at radius 2 is 2.27 bits per heavy atom. The molecule has 2 rings (SSSR count). The van der Waals surface area contributed by atoms with Crippen molar-refractivity contribution in [3.8, 4) is 0 Å². The number of anilines is 1. The molecule has 0 amide bonds. The highest BCUT2D eigenvalue weighted by Gasteiger charge is 1.98. The second kappa shape index (κ2) is 2.13. The second-order valence-corrected chi connectivity index (χ2v) is 2.62. The molecule has 3 nitrogen and oxygen atoms in total. The van der Waals surface area contributed by atoms with Gasteiger partial charge < -0.3 is 5.73 Å². The van der Waals surface area contributed by atoms with Gasteiger partial charge in [0.05, 0.1) is 11.7 Å². The second-order valence-electron chi connectivity index (χ2n) is 2.28. The summed E-state index contributed by atoms with van der Waals surface area (Å²) in [4.78, 5) is 3.91. The summed E-state index contributed by atoms with van der Waals surface area (Å²) in [7, 11) is 0. The van der Waals surface area contributed by atoms with Crippen molar-refractivity contribution in [2.75, 3.05) is 5.73 Å². The molecule has 4 heteroatoms. The number of imidazole rings is 1. The third-order valence-corrected chi connectivity index (χ3v) is 1.78. The van der Waals surface area contributed by atoms with Crippen molar-refractivity contribution in [2.24, 2.45) is 0 Å². The Labute approximate surface area is 68.4 Å². The van der Waals surface area contributed by atoms with E-state index in [1.807, 2.05) is 12.1 Å². The zero-order chi connectivity index (χ0) is 7.84. The van der Waals surface area contributed by atoms with Crippen molar-refractivity contribution in [1.82, 2.24) is 9.38 Å². The summed E-state index contributed by atoms with van der Waals surface area (Å²) < 4.78 is 1.73. The lowest BCUT2D eigenvalue weighted by atomic mass is 10.4. The third kappa shape index (κ3) is 0.935. The van der Waals surface area contributed by atoms with Crippen molar-refractivity contribution in [3.63, 3.8) is 0 Å². The standard InChI is InChI=1S/C7H6ClN3/c8-7-10-3-6-2-1-5(9)4-11(6)7/h1-4H,9H2. The Balaban J connectivity index is 2.87. The minimum absolute atomic E-state index is 0.437. The van der Waals surface area contributed by atoms with Gasteiger partial charge in [0, 0.05) is 11.9 Å². The summed E-state index contributed by atoms with van der Waals surface area (Å²) >= 11 is 5.74. The highest BCUT2D eigenvalue weighted by molar-refractivity contribution is 6.28. The van der Waals surface area contributed by atoms with Gasteiger partial charge in [-0.2, -0.15) is 0 Å². The zero-order valence-corrected chi connectivity index (χ0v) is 6.42. The quantitative estimate of drug-likeness (QED) is 0.647. The van der Waals surface area contributed by atoms with Gasteiger partial charge in [-0.15, -0.1) is 0 Å². The molecule has 0 spiro atoms. The first-order valence-corrected chi connectivity index (χ1v) is 3.53. The van der Waals surface area contributed by atoms with Gasteiger partial charge in [-0.25, -0.2) is 4.98 Å². The molecule has 0 aliphatic carbocycles. The van der Waals surface area contributed by atoms with E-state index in [1.165, 1.54) is 0 Å². The maximum Gasteiger partial charge on any atom is 0.207 e. The number of fused-ring (bicyclic) bond motifs is 1. The fourth-order valence-corrected chi connectivity index (χ4v) is 1.17. The average Bonchev–Trinajstić information content (AvgIpc) is 2.33. The molecule has 2 aromatic rings. The molecule has 56 valence electrons. The van der Waals surface area contributed by atoms with E-state index in [0.29, 0.717) is 11.0 Å². The highest BCUT2D eigenvalue weighted by atomic mass is 35.5. The van der Waals surface area contributed by atoms with Crippen molar-refractivity contribution in [2.45, 2.75) is 0 Å². The lowest BCUT2D eigenvalue weighted by Gasteiger charge is -1.95. The third-order valence-electron chi connectivity index (χ3n) is 1.51. The molecule has 2 heterocycles. The predicted molar refractivity (Wildman–Crippen MR) is 44.6 cm³/mol. The van der Waals surface area contributed by atoms with Crippen LogP contribution >= 0.6 is 11.6 Å². The lowest BCUT2D eigenvalue weighted by Crippen LogP contribution is -1.89. The number of hydrogen-bond donors (Lipinski definition) is 1. The van der Waals surface area contributed by atoms with Crippen LogP contribution in [0.25, 0.3) is 5.52 Å².